The van der Waals surface area contributed by atoms with E-state index in [0.29, 0.717) is 0 Å². The van der Waals surface area contributed by atoms with Crippen molar-refractivity contribution in [2.45, 2.75) is 32.4 Å². The number of carbonyl (C=O) groups excluding carboxylic acids is 1. The number of rotatable bonds is 4. The average Bonchev–Trinajstić information content (AvgIpc) is 2.87. The molecule has 1 aromatic carbocycles. The minimum Gasteiger partial charge on any atom is -0.369 e. The number of hydrogen-bond donors (Lipinski definition) is 2. The van der Waals surface area contributed by atoms with E-state index in [2.05, 4.69) is 38.3 Å². The highest BCUT2D eigenvalue weighted by Crippen LogP contribution is 2.22. The van der Waals surface area contributed by atoms with Crippen molar-refractivity contribution in [3.63, 3.8) is 0 Å². The number of amides is 1. The van der Waals surface area contributed by atoms with E-state index in [1.165, 1.54) is 5.69 Å². The minimum absolute atomic E-state index is 0. The van der Waals surface area contributed by atoms with Gasteiger partial charge in [0.25, 0.3) is 0 Å². The Kier molecular flexibility index (Phi) is 9.39. The zero-order chi connectivity index (χ0) is 14.7. The summed E-state index contributed by atoms with van der Waals surface area (Å²) < 4.78 is 1.08. The largest absolute Gasteiger partial charge is 0.369 e. The Morgan fingerprint density at radius 3 is 2.45 bits per heavy atom. The summed E-state index contributed by atoms with van der Waals surface area (Å²) in [5, 5.41) is 3.10. The maximum Gasteiger partial charge on any atom is 0.224 e. The van der Waals surface area contributed by atoms with Crippen molar-refractivity contribution < 1.29 is 4.79 Å². The lowest BCUT2D eigenvalue weighted by atomic mass is 10.0. The number of nitrogens with two attached hydrogens (primary N) is 1. The van der Waals surface area contributed by atoms with E-state index in [0.717, 1.165) is 24.0 Å². The van der Waals surface area contributed by atoms with Gasteiger partial charge < -0.3 is 16.0 Å². The molecule has 4 nitrogen and oxygen atoms in total. The third-order valence-electron chi connectivity index (χ3n) is 3.93. The highest BCUT2D eigenvalue weighted by molar-refractivity contribution is 9.10. The van der Waals surface area contributed by atoms with E-state index in [-0.39, 0.29) is 48.7 Å². The second kappa shape index (κ2) is 9.60. The van der Waals surface area contributed by atoms with Gasteiger partial charge in [0.05, 0.1) is 0 Å². The van der Waals surface area contributed by atoms with Crippen molar-refractivity contribution in [2.75, 3.05) is 18.0 Å². The smallest absolute Gasteiger partial charge is 0.224 e. The molecule has 22 heavy (non-hydrogen) atoms. The number of hydrogen-bond acceptors (Lipinski definition) is 3. The van der Waals surface area contributed by atoms with Gasteiger partial charge >= 0.3 is 0 Å². The Labute approximate surface area is 153 Å². The van der Waals surface area contributed by atoms with Crippen LogP contribution in [-0.2, 0) is 4.79 Å². The maximum absolute atomic E-state index is 12.0. The number of benzene rings is 1. The molecule has 1 amide bonds. The van der Waals surface area contributed by atoms with E-state index >= 15 is 0 Å². The van der Waals surface area contributed by atoms with Gasteiger partial charge in [0.1, 0.15) is 0 Å². The molecule has 0 aromatic heterocycles. The van der Waals surface area contributed by atoms with Gasteiger partial charge in [0, 0.05) is 41.3 Å². The van der Waals surface area contributed by atoms with Gasteiger partial charge in [-0.2, -0.15) is 0 Å². The molecule has 7 heteroatoms. The summed E-state index contributed by atoms with van der Waals surface area (Å²) in [5.41, 5.74) is 6.97. The first-order valence-electron chi connectivity index (χ1n) is 7.04. The highest BCUT2D eigenvalue weighted by atomic mass is 79.9. The molecule has 0 bridgehead atoms. The lowest BCUT2D eigenvalue weighted by Gasteiger charge is -2.21. The number of anilines is 1. The highest BCUT2D eigenvalue weighted by Gasteiger charge is 2.26. The molecular weight excluding hydrogens is 389 g/mol. The van der Waals surface area contributed by atoms with E-state index < -0.39 is 0 Å². The first-order chi connectivity index (χ1) is 9.47. The van der Waals surface area contributed by atoms with Crippen LogP contribution in [-0.4, -0.2) is 31.1 Å². The molecule has 1 heterocycles. The molecule has 1 aliphatic heterocycles. The van der Waals surface area contributed by atoms with E-state index in [1.54, 1.807) is 0 Å². The summed E-state index contributed by atoms with van der Waals surface area (Å²) in [4.78, 5) is 14.3. The lowest BCUT2D eigenvalue weighted by molar-refractivity contribution is -0.125. The molecule has 3 unspecified atom stereocenters. The number of halogens is 3. The lowest BCUT2D eigenvalue weighted by Crippen LogP contribution is -2.44. The normalized spacial score (nSPS) is 19.6. The molecule has 3 atom stereocenters. The fraction of sp³-hybridized carbons (Fsp3) is 0.533. The summed E-state index contributed by atoms with van der Waals surface area (Å²) in [6.07, 6.45) is 0.980. The molecular formula is C15H24BrCl2N3O. The molecule has 1 aromatic rings. The SMILES string of the molecule is CC(N)C(C)C(=O)NC1CCN(c2ccc(Br)cc2)C1.Cl.Cl. The molecule has 0 saturated carbocycles. The molecule has 3 N–H and O–H groups in total. The summed E-state index contributed by atoms with van der Waals surface area (Å²) in [6.45, 7) is 5.58. The summed E-state index contributed by atoms with van der Waals surface area (Å²) in [6, 6.07) is 8.38. The van der Waals surface area contributed by atoms with Gasteiger partial charge in [0.2, 0.25) is 5.91 Å². The molecule has 0 radical (unpaired) electrons. The minimum atomic E-state index is -0.142. The van der Waals surface area contributed by atoms with Crippen molar-refractivity contribution in [1.82, 2.24) is 5.32 Å². The number of nitrogens with zero attached hydrogens (tertiary/aromatic N) is 1. The Morgan fingerprint density at radius 1 is 1.32 bits per heavy atom. The van der Waals surface area contributed by atoms with Crippen LogP contribution in [0.2, 0.25) is 0 Å². The summed E-state index contributed by atoms with van der Waals surface area (Å²) >= 11 is 3.44. The molecule has 0 spiro atoms. The van der Waals surface area contributed by atoms with E-state index in [1.807, 2.05) is 26.0 Å². The van der Waals surface area contributed by atoms with Crippen molar-refractivity contribution in [1.29, 1.82) is 0 Å². The second-order valence-corrected chi connectivity index (χ2v) is 6.48. The first-order valence-corrected chi connectivity index (χ1v) is 7.83. The fourth-order valence-electron chi connectivity index (χ4n) is 2.34. The van der Waals surface area contributed by atoms with Crippen LogP contribution in [0.25, 0.3) is 0 Å². The van der Waals surface area contributed by atoms with Crippen LogP contribution in [0.1, 0.15) is 20.3 Å². The predicted octanol–water partition coefficient (Wildman–Crippen LogP) is 2.97. The number of carbonyl (C=O) groups is 1. The van der Waals surface area contributed by atoms with Crippen LogP contribution in [0, 0.1) is 5.92 Å². The van der Waals surface area contributed by atoms with Crippen molar-refractivity contribution >= 4 is 52.3 Å². The van der Waals surface area contributed by atoms with Crippen LogP contribution in [0.5, 0.6) is 0 Å². The molecule has 1 aliphatic rings. The quantitative estimate of drug-likeness (QED) is 0.799. The van der Waals surface area contributed by atoms with Crippen LogP contribution in [0.15, 0.2) is 28.7 Å². The van der Waals surface area contributed by atoms with Gasteiger partial charge in [-0.3, -0.25) is 4.79 Å². The molecule has 1 fully saturated rings. The summed E-state index contributed by atoms with van der Waals surface area (Å²) in [7, 11) is 0. The van der Waals surface area contributed by atoms with Crippen LogP contribution in [0.4, 0.5) is 5.69 Å². The zero-order valence-electron chi connectivity index (χ0n) is 12.8. The molecule has 126 valence electrons. The standard InChI is InChI=1S/C15H22BrN3O.2ClH/c1-10(11(2)17)15(20)18-13-7-8-19(9-13)14-5-3-12(16)4-6-14;;/h3-6,10-11,13H,7-9,17H2,1-2H3,(H,18,20);2*1H. The van der Waals surface area contributed by atoms with Gasteiger partial charge in [-0.1, -0.05) is 22.9 Å². The van der Waals surface area contributed by atoms with Gasteiger partial charge in [-0.15, -0.1) is 24.8 Å². The topological polar surface area (TPSA) is 58.4 Å². The Morgan fingerprint density at radius 2 is 1.91 bits per heavy atom. The second-order valence-electron chi connectivity index (χ2n) is 5.56. The third kappa shape index (κ3) is 5.61. The van der Waals surface area contributed by atoms with Crippen LogP contribution in [0.3, 0.4) is 0 Å². The first kappa shape index (κ1) is 21.5. The maximum atomic E-state index is 12.0. The molecule has 0 aliphatic carbocycles. The van der Waals surface area contributed by atoms with Crippen LogP contribution < -0.4 is 16.0 Å². The summed E-state index contributed by atoms with van der Waals surface area (Å²) in [5.74, 6) is -0.0839. The van der Waals surface area contributed by atoms with Crippen molar-refractivity contribution in [3.8, 4) is 0 Å². The van der Waals surface area contributed by atoms with Gasteiger partial charge in [-0.05, 0) is 37.6 Å². The van der Waals surface area contributed by atoms with Gasteiger partial charge in [-0.25, -0.2) is 0 Å². The van der Waals surface area contributed by atoms with Crippen LogP contribution >= 0.6 is 40.7 Å². The van der Waals surface area contributed by atoms with Crippen molar-refractivity contribution in [2.24, 2.45) is 11.7 Å². The Bertz CT molecular complexity index is 470. The number of nitrogens with one attached hydrogen (secondary N) is 1. The Hall–Kier alpha value is -0.490. The molecule has 2 rings (SSSR count). The monoisotopic (exact) mass is 411 g/mol. The van der Waals surface area contributed by atoms with E-state index in [9.17, 15) is 4.79 Å². The zero-order valence-corrected chi connectivity index (χ0v) is 16.0. The average molecular weight is 413 g/mol. The predicted molar refractivity (Wildman–Crippen MR) is 100 cm³/mol. The van der Waals surface area contributed by atoms with Crippen molar-refractivity contribution in [3.05, 3.63) is 28.7 Å². The van der Waals surface area contributed by atoms with E-state index in [4.69, 9.17) is 5.73 Å². The molecule has 1 saturated heterocycles. The fourth-order valence-corrected chi connectivity index (χ4v) is 2.60. The third-order valence-corrected chi connectivity index (χ3v) is 4.46. The van der Waals surface area contributed by atoms with Gasteiger partial charge in [0.15, 0.2) is 0 Å². The Balaban J connectivity index is 0.00000220.